The number of halogens is 1. The highest BCUT2D eigenvalue weighted by Gasteiger charge is 2.34. The molecule has 2 aliphatic carbocycles. The van der Waals surface area contributed by atoms with Gasteiger partial charge in [0.05, 0.1) is 6.04 Å². The lowest BCUT2D eigenvalue weighted by Gasteiger charge is -2.36. The molecule has 0 bridgehead atoms. The number of rotatable bonds is 5. The number of amides is 2. The molecule has 1 atom stereocenters. The van der Waals surface area contributed by atoms with Gasteiger partial charge >= 0.3 is 6.09 Å². The number of pyridine rings is 1. The maximum Gasteiger partial charge on any atom is 0.414 e. The largest absolute Gasteiger partial charge is 0.447 e. The summed E-state index contributed by atoms with van der Waals surface area (Å²) in [6.45, 7) is 5.32. The minimum atomic E-state index is -0.331. The van der Waals surface area contributed by atoms with Crippen molar-refractivity contribution in [2.24, 2.45) is 0 Å². The number of cyclic esters (lactones) is 1. The Bertz CT molecular complexity index is 1080. The topological polar surface area (TPSA) is 66.0 Å². The molecule has 2 saturated carbocycles. The quantitative estimate of drug-likeness (QED) is 0.624. The van der Waals surface area contributed by atoms with Crippen molar-refractivity contribution in [2.45, 2.75) is 50.5 Å². The van der Waals surface area contributed by atoms with Crippen molar-refractivity contribution in [3.05, 3.63) is 53.2 Å². The van der Waals surface area contributed by atoms with E-state index in [9.17, 15) is 9.59 Å². The number of nitrogens with zero attached hydrogens (tertiary/aromatic N) is 4. The molecule has 8 heteroatoms. The van der Waals surface area contributed by atoms with E-state index in [0.717, 1.165) is 30.5 Å². The Morgan fingerprint density at radius 1 is 1.00 bits per heavy atom. The summed E-state index contributed by atoms with van der Waals surface area (Å²) in [7, 11) is 0. The normalized spacial score (nSPS) is 22.4. The lowest BCUT2D eigenvalue weighted by Crippen LogP contribution is -2.49. The summed E-state index contributed by atoms with van der Waals surface area (Å²) in [5, 5.41) is 0. The maximum absolute atomic E-state index is 13.1. The standard InChI is InChI=1S/C26H30N4O3.ClH/c1-17-16-33-26(32)30(17)22-8-6-20(7-9-22)25(31)29-12-10-28(11-13-29)24-23(19-4-5-19)14-21(15-27-24)18-2-3-18;/h6-9,14-15,17-19H,2-5,10-13,16H2,1H3;1H/t17-;/m1./s1. The molecule has 7 nitrogen and oxygen atoms in total. The summed E-state index contributed by atoms with van der Waals surface area (Å²) in [6, 6.07) is 9.70. The third-order valence-corrected chi connectivity index (χ3v) is 7.33. The molecule has 1 aromatic carbocycles. The lowest BCUT2D eigenvalue weighted by molar-refractivity contribution is 0.0746. The van der Waals surface area contributed by atoms with Crippen molar-refractivity contribution in [1.82, 2.24) is 9.88 Å². The van der Waals surface area contributed by atoms with E-state index in [2.05, 4.69) is 17.2 Å². The molecular weight excluding hydrogens is 452 g/mol. The summed E-state index contributed by atoms with van der Waals surface area (Å²) in [5.41, 5.74) is 4.25. The van der Waals surface area contributed by atoms with Crippen molar-refractivity contribution in [1.29, 1.82) is 0 Å². The van der Waals surface area contributed by atoms with Gasteiger partial charge in [-0.05, 0) is 79.8 Å². The maximum atomic E-state index is 13.1. The summed E-state index contributed by atoms with van der Waals surface area (Å²) in [5.74, 6) is 2.56. The molecule has 4 aliphatic rings. The molecule has 180 valence electrons. The van der Waals surface area contributed by atoms with E-state index in [1.807, 2.05) is 36.1 Å². The zero-order chi connectivity index (χ0) is 22.5. The van der Waals surface area contributed by atoms with Crippen molar-refractivity contribution in [3.63, 3.8) is 0 Å². The molecule has 34 heavy (non-hydrogen) atoms. The van der Waals surface area contributed by atoms with Crippen LogP contribution in [0.3, 0.4) is 0 Å². The van der Waals surface area contributed by atoms with Gasteiger partial charge in [-0.3, -0.25) is 9.69 Å². The molecule has 0 unspecified atom stereocenters. The van der Waals surface area contributed by atoms with Crippen LogP contribution in [0.25, 0.3) is 0 Å². The fourth-order valence-corrected chi connectivity index (χ4v) is 5.03. The van der Waals surface area contributed by atoms with E-state index in [1.165, 1.54) is 36.8 Å². The molecule has 0 radical (unpaired) electrons. The molecule has 2 saturated heterocycles. The zero-order valence-corrected chi connectivity index (χ0v) is 20.3. The Morgan fingerprint density at radius 2 is 1.68 bits per heavy atom. The highest BCUT2D eigenvalue weighted by molar-refractivity contribution is 5.96. The Hall–Kier alpha value is -2.80. The first-order valence-corrected chi connectivity index (χ1v) is 12.2. The Balaban J connectivity index is 0.00000241. The minimum Gasteiger partial charge on any atom is -0.447 e. The fraction of sp³-hybridized carbons (Fsp3) is 0.500. The number of piperazine rings is 1. The van der Waals surface area contributed by atoms with Gasteiger partial charge in [-0.2, -0.15) is 0 Å². The molecule has 2 aliphatic heterocycles. The third kappa shape index (κ3) is 4.33. The van der Waals surface area contributed by atoms with Crippen LogP contribution in [-0.4, -0.2) is 60.7 Å². The predicted molar refractivity (Wildman–Crippen MR) is 133 cm³/mol. The summed E-state index contributed by atoms with van der Waals surface area (Å²) < 4.78 is 5.10. The van der Waals surface area contributed by atoms with Crippen LogP contribution in [-0.2, 0) is 4.74 Å². The molecule has 2 amide bonds. The number of hydrogen-bond acceptors (Lipinski definition) is 5. The van der Waals surface area contributed by atoms with Crippen LogP contribution in [0, 0.1) is 0 Å². The Labute approximate surface area is 206 Å². The third-order valence-electron chi connectivity index (χ3n) is 7.33. The molecule has 2 aromatic rings. The van der Waals surface area contributed by atoms with Crippen LogP contribution in [0.15, 0.2) is 36.5 Å². The number of carbonyl (C=O) groups is 2. The smallest absolute Gasteiger partial charge is 0.414 e. The number of anilines is 2. The summed E-state index contributed by atoms with van der Waals surface area (Å²) >= 11 is 0. The van der Waals surface area contributed by atoms with Gasteiger partial charge in [0.2, 0.25) is 0 Å². The monoisotopic (exact) mass is 482 g/mol. The van der Waals surface area contributed by atoms with Crippen molar-refractivity contribution >= 4 is 35.9 Å². The van der Waals surface area contributed by atoms with E-state index in [-0.39, 0.29) is 30.4 Å². The SMILES string of the molecule is C[C@@H]1COC(=O)N1c1ccc(C(=O)N2CCN(c3ncc(C4CC4)cc3C3CC3)CC2)cc1.Cl. The highest BCUT2D eigenvalue weighted by atomic mass is 35.5. The average molecular weight is 483 g/mol. The van der Waals surface area contributed by atoms with Gasteiger partial charge in [0.15, 0.2) is 0 Å². The summed E-state index contributed by atoms with van der Waals surface area (Å²) in [6.07, 6.45) is 6.88. The Morgan fingerprint density at radius 3 is 2.26 bits per heavy atom. The van der Waals surface area contributed by atoms with E-state index in [0.29, 0.717) is 31.2 Å². The number of aromatic nitrogens is 1. The highest BCUT2D eigenvalue weighted by Crippen LogP contribution is 2.47. The van der Waals surface area contributed by atoms with Gasteiger partial charge in [0, 0.05) is 43.6 Å². The Kier molecular flexibility index (Phi) is 6.15. The second kappa shape index (κ2) is 9.10. The van der Waals surface area contributed by atoms with Gasteiger partial charge < -0.3 is 14.5 Å². The van der Waals surface area contributed by atoms with Gasteiger partial charge in [-0.15, -0.1) is 12.4 Å². The second-order valence-corrected chi connectivity index (χ2v) is 9.85. The van der Waals surface area contributed by atoms with Crippen LogP contribution >= 0.6 is 12.4 Å². The van der Waals surface area contributed by atoms with Gasteiger partial charge in [-0.1, -0.05) is 6.07 Å². The van der Waals surface area contributed by atoms with E-state index in [4.69, 9.17) is 9.72 Å². The van der Waals surface area contributed by atoms with Gasteiger partial charge in [0.25, 0.3) is 5.91 Å². The van der Waals surface area contributed by atoms with Crippen molar-refractivity contribution in [3.8, 4) is 0 Å². The molecule has 4 fully saturated rings. The molecule has 0 N–H and O–H groups in total. The first kappa shape index (κ1) is 23.0. The second-order valence-electron chi connectivity index (χ2n) is 9.85. The van der Waals surface area contributed by atoms with Crippen LogP contribution in [0.5, 0.6) is 0 Å². The predicted octanol–water partition coefficient (Wildman–Crippen LogP) is 4.57. The minimum absolute atomic E-state index is 0. The summed E-state index contributed by atoms with van der Waals surface area (Å²) in [4.78, 5) is 35.9. The number of hydrogen-bond donors (Lipinski definition) is 0. The van der Waals surface area contributed by atoms with Crippen molar-refractivity contribution in [2.75, 3.05) is 42.6 Å². The molecule has 1 aromatic heterocycles. The number of carbonyl (C=O) groups excluding carboxylic acids is 2. The van der Waals surface area contributed by atoms with E-state index < -0.39 is 0 Å². The molecular formula is C26H31ClN4O3. The zero-order valence-electron chi connectivity index (χ0n) is 19.5. The van der Waals surface area contributed by atoms with Gasteiger partial charge in [-0.25, -0.2) is 9.78 Å². The lowest BCUT2D eigenvalue weighted by atomic mass is 10.1. The van der Waals surface area contributed by atoms with Crippen molar-refractivity contribution < 1.29 is 14.3 Å². The number of ether oxygens (including phenoxy) is 1. The first-order chi connectivity index (χ1) is 16.1. The van der Waals surface area contributed by atoms with E-state index in [1.54, 1.807) is 4.90 Å². The van der Waals surface area contributed by atoms with Gasteiger partial charge in [0.1, 0.15) is 12.4 Å². The molecule has 3 heterocycles. The van der Waals surface area contributed by atoms with Crippen LogP contribution in [0.2, 0.25) is 0 Å². The molecule has 6 rings (SSSR count). The van der Waals surface area contributed by atoms with E-state index >= 15 is 0 Å². The van der Waals surface area contributed by atoms with Crippen LogP contribution in [0.4, 0.5) is 16.3 Å². The number of benzene rings is 1. The average Bonchev–Trinajstić information content (AvgIpc) is 3.77. The van der Waals surface area contributed by atoms with Crippen LogP contribution in [0.1, 0.15) is 65.9 Å². The molecule has 0 spiro atoms. The fourth-order valence-electron chi connectivity index (χ4n) is 5.03. The van der Waals surface area contributed by atoms with Crippen LogP contribution < -0.4 is 9.80 Å². The first-order valence-electron chi connectivity index (χ1n) is 12.2.